The number of benzene rings is 3. The number of rotatable bonds is 6. The Hall–Kier alpha value is -4.67. The molecular weight excluding hydrogens is 528 g/mol. The molecule has 3 aromatic carbocycles. The molecule has 0 unspecified atom stereocenters. The molecule has 1 fully saturated rings. The quantitative estimate of drug-likeness (QED) is 0.242. The second-order valence-electron chi connectivity index (χ2n) is 9.10. The van der Waals surface area contributed by atoms with Gasteiger partial charge in [0.25, 0.3) is 5.91 Å². The Kier molecular flexibility index (Phi) is 7.54. The smallest absolute Gasteiger partial charge is 0.358 e. The van der Waals surface area contributed by atoms with Crippen molar-refractivity contribution in [2.45, 2.75) is 6.92 Å². The predicted molar refractivity (Wildman–Crippen MR) is 139 cm³/mol. The maximum absolute atomic E-state index is 14.1. The van der Waals surface area contributed by atoms with E-state index < -0.39 is 40.7 Å². The molecule has 5 rings (SSSR count). The minimum Gasteiger partial charge on any atom is -0.461 e. The van der Waals surface area contributed by atoms with Crippen molar-refractivity contribution in [3.05, 3.63) is 101 Å². The number of aromatic nitrogens is 2. The standard InChI is InChI=1S/C29H24F4N4O3/c1-2-40-29(39)25-17-26(37(34-25)22-5-3-4-19(30)14-22)18-6-8-21(9-7-18)35-10-12-36(13-11-35)28(38)27-23(32)15-20(31)16-24(27)33/h3-9,14-17H,2,10-13H2,1H3. The molecule has 0 N–H and O–H groups in total. The van der Waals surface area contributed by atoms with Crippen LogP contribution in [0.15, 0.2) is 66.7 Å². The van der Waals surface area contributed by atoms with Gasteiger partial charge in [0.05, 0.1) is 18.0 Å². The average Bonchev–Trinajstić information content (AvgIpc) is 3.39. The number of anilines is 1. The largest absolute Gasteiger partial charge is 0.461 e. The Morgan fingerprint density at radius 2 is 1.50 bits per heavy atom. The van der Waals surface area contributed by atoms with E-state index in [1.165, 1.54) is 21.7 Å². The first-order chi connectivity index (χ1) is 19.2. The van der Waals surface area contributed by atoms with Crippen molar-refractivity contribution in [1.82, 2.24) is 14.7 Å². The maximum atomic E-state index is 14.1. The Morgan fingerprint density at radius 1 is 0.825 bits per heavy atom. The summed E-state index contributed by atoms with van der Waals surface area (Å²) in [6, 6.07) is 15.8. The highest BCUT2D eigenvalue weighted by Crippen LogP contribution is 2.28. The molecule has 0 aliphatic carbocycles. The zero-order chi connectivity index (χ0) is 28.4. The summed E-state index contributed by atoms with van der Waals surface area (Å²) in [4.78, 5) is 28.4. The zero-order valence-electron chi connectivity index (χ0n) is 21.4. The van der Waals surface area contributed by atoms with E-state index in [1.807, 2.05) is 29.2 Å². The van der Waals surface area contributed by atoms with Crippen molar-refractivity contribution in [3.63, 3.8) is 0 Å². The van der Waals surface area contributed by atoms with Crippen LogP contribution in [-0.2, 0) is 4.74 Å². The van der Waals surface area contributed by atoms with Gasteiger partial charge in [-0.25, -0.2) is 27.0 Å². The SMILES string of the molecule is CCOC(=O)c1cc(-c2ccc(N3CCN(C(=O)c4c(F)cc(F)cc4F)CC3)cc2)n(-c2cccc(F)c2)n1. The fourth-order valence-corrected chi connectivity index (χ4v) is 4.61. The lowest BCUT2D eigenvalue weighted by atomic mass is 10.1. The summed E-state index contributed by atoms with van der Waals surface area (Å²) in [5.41, 5.74) is 1.87. The molecule has 0 atom stereocenters. The highest BCUT2D eigenvalue weighted by molar-refractivity contribution is 5.95. The summed E-state index contributed by atoms with van der Waals surface area (Å²) >= 11 is 0. The van der Waals surface area contributed by atoms with E-state index in [2.05, 4.69) is 5.10 Å². The Morgan fingerprint density at radius 3 is 2.12 bits per heavy atom. The Bertz CT molecular complexity index is 1540. The van der Waals surface area contributed by atoms with Crippen LogP contribution in [0.5, 0.6) is 0 Å². The minimum atomic E-state index is -1.23. The molecule has 206 valence electrons. The molecule has 0 saturated carbocycles. The minimum absolute atomic E-state index is 0.0833. The van der Waals surface area contributed by atoms with E-state index in [1.54, 1.807) is 25.1 Å². The summed E-state index contributed by atoms with van der Waals surface area (Å²) in [5.74, 6) is -5.42. The van der Waals surface area contributed by atoms with Crippen molar-refractivity contribution >= 4 is 17.6 Å². The normalized spacial score (nSPS) is 13.4. The van der Waals surface area contributed by atoms with Crippen LogP contribution < -0.4 is 4.90 Å². The van der Waals surface area contributed by atoms with Crippen molar-refractivity contribution in [3.8, 4) is 16.9 Å². The number of nitrogens with zero attached hydrogens (tertiary/aromatic N) is 4. The van der Waals surface area contributed by atoms with Gasteiger partial charge in [0.15, 0.2) is 5.69 Å². The molecule has 0 spiro atoms. The molecule has 40 heavy (non-hydrogen) atoms. The Balaban J connectivity index is 1.34. The van der Waals surface area contributed by atoms with Gasteiger partial charge in [-0.2, -0.15) is 5.10 Å². The number of piperazine rings is 1. The van der Waals surface area contributed by atoms with Crippen LogP contribution in [0.1, 0.15) is 27.8 Å². The van der Waals surface area contributed by atoms with Gasteiger partial charge in [-0.1, -0.05) is 18.2 Å². The van der Waals surface area contributed by atoms with Crippen molar-refractivity contribution in [2.75, 3.05) is 37.7 Å². The number of carbonyl (C=O) groups excluding carboxylic acids is 2. The summed E-state index contributed by atoms with van der Waals surface area (Å²) in [5, 5.41) is 4.35. The fraction of sp³-hybridized carbons (Fsp3) is 0.207. The van der Waals surface area contributed by atoms with Gasteiger partial charge in [-0.15, -0.1) is 0 Å². The zero-order valence-corrected chi connectivity index (χ0v) is 21.4. The van der Waals surface area contributed by atoms with Crippen LogP contribution in [0.2, 0.25) is 0 Å². The second-order valence-corrected chi connectivity index (χ2v) is 9.10. The van der Waals surface area contributed by atoms with E-state index in [4.69, 9.17) is 4.74 Å². The number of halogens is 4. The number of amides is 1. The van der Waals surface area contributed by atoms with Crippen LogP contribution in [-0.4, -0.2) is 59.3 Å². The third-order valence-electron chi connectivity index (χ3n) is 6.56. The molecule has 1 amide bonds. The molecule has 0 radical (unpaired) electrons. The average molecular weight is 553 g/mol. The van der Waals surface area contributed by atoms with Crippen LogP contribution in [0.25, 0.3) is 16.9 Å². The first kappa shape index (κ1) is 26.9. The maximum Gasteiger partial charge on any atom is 0.358 e. The molecule has 0 bridgehead atoms. The molecule has 1 aromatic heterocycles. The summed E-state index contributed by atoms with van der Waals surface area (Å²) < 4.78 is 61.9. The van der Waals surface area contributed by atoms with Gasteiger partial charge < -0.3 is 14.5 Å². The molecule has 1 aliphatic rings. The third-order valence-corrected chi connectivity index (χ3v) is 6.56. The lowest BCUT2D eigenvalue weighted by molar-refractivity contribution is 0.0518. The summed E-state index contributed by atoms with van der Waals surface area (Å²) in [6.07, 6.45) is 0. The molecule has 1 saturated heterocycles. The first-order valence-corrected chi connectivity index (χ1v) is 12.6. The number of hydrogen-bond acceptors (Lipinski definition) is 5. The molecule has 11 heteroatoms. The van der Waals surface area contributed by atoms with E-state index in [9.17, 15) is 27.2 Å². The van der Waals surface area contributed by atoms with Crippen LogP contribution >= 0.6 is 0 Å². The van der Waals surface area contributed by atoms with E-state index in [0.717, 1.165) is 5.69 Å². The summed E-state index contributed by atoms with van der Waals surface area (Å²) in [6.45, 7) is 3.12. The van der Waals surface area contributed by atoms with Gasteiger partial charge in [0.1, 0.15) is 28.8 Å². The second kappa shape index (κ2) is 11.2. The van der Waals surface area contributed by atoms with Crippen molar-refractivity contribution in [2.24, 2.45) is 0 Å². The van der Waals surface area contributed by atoms with Gasteiger partial charge in [-0.3, -0.25) is 4.79 Å². The number of carbonyl (C=O) groups is 2. The number of ether oxygens (including phenoxy) is 1. The molecular formula is C29H24F4N4O3. The number of hydrogen-bond donors (Lipinski definition) is 0. The van der Waals surface area contributed by atoms with E-state index >= 15 is 0 Å². The fourth-order valence-electron chi connectivity index (χ4n) is 4.61. The molecule has 1 aliphatic heterocycles. The van der Waals surface area contributed by atoms with Crippen molar-refractivity contribution in [1.29, 1.82) is 0 Å². The monoisotopic (exact) mass is 552 g/mol. The lowest BCUT2D eigenvalue weighted by Crippen LogP contribution is -2.49. The molecule has 2 heterocycles. The lowest BCUT2D eigenvalue weighted by Gasteiger charge is -2.36. The number of esters is 1. The molecule has 7 nitrogen and oxygen atoms in total. The third kappa shape index (κ3) is 5.40. The summed E-state index contributed by atoms with van der Waals surface area (Å²) in [7, 11) is 0. The van der Waals surface area contributed by atoms with Gasteiger partial charge in [-0.05, 0) is 43.3 Å². The predicted octanol–water partition coefficient (Wildman–Crippen LogP) is 5.23. The topological polar surface area (TPSA) is 67.7 Å². The highest BCUT2D eigenvalue weighted by Gasteiger charge is 2.27. The molecule has 4 aromatic rings. The van der Waals surface area contributed by atoms with Crippen LogP contribution in [0.3, 0.4) is 0 Å². The highest BCUT2D eigenvalue weighted by atomic mass is 19.1. The van der Waals surface area contributed by atoms with E-state index in [-0.39, 0.29) is 25.4 Å². The van der Waals surface area contributed by atoms with Crippen LogP contribution in [0.4, 0.5) is 23.2 Å². The van der Waals surface area contributed by atoms with Crippen molar-refractivity contribution < 1.29 is 31.9 Å². The first-order valence-electron chi connectivity index (χ1n) is 12.6. The van der Waals surface area contributed by atoms with Gasteiger partial charge in [0, 0.05) is 49.6 Å². The Labute approximate surface area is 227 Å². The van der Waals surface area contributed by atoms with Gasteiger partial charge in [0.2, 0.25) is 0 Å². The van der Waals surface area contributed by atoms with E-state index in [0.29, 0.717) is 42.2 Å². The van der Waals surface area contributed by atoms with Gasteiger partial charge >= 0.3 is 5.97 Å². The van der Waals surface area contributed by atoms with Crippen LogP contribution in [0, 0.1) is 23.3 Å².